The second kappa shape index (κ2) is 10.1. The fraction of sp³-hybridized carbons (Fsp3) is 0.409. The first kappa shape index (κ1) is 23.1. The van der Waals surface area contributed by atoms with Crippen molar-refractivity contribution in [1.82, 2.24) is 0 Å². The predicted molar refractivity (Wildman–Crippen MR) is 114 cm³/mol. The van der Waals surface area contributed by atoms with E-state index in [4.69, 9.17) is 24.7 Å². The molecule has 0 saturated carbocycles. The molecule has 0 aromatic heterocycles. The Kier molecular flexibility index (Phi) is 7.53. The lowest BCUT2D eigenvalue weighted by atomic mass is 9.97. The van der Waals surface area contributed by atoms with Gasteiger partial charge in [0.05, 0.1) is 6.04 Å². The quantitative estimate of drug-likeness (QED) is 0.526. The van der Waals surface area contributed by atoms with Crippen LogP contribution in [0.5, 0.6) is 0 Å². The molecular weight excluding hydrogens is 422 g/mol. The van der Waals surface area contributed by atoms with Crippen molar-refractivity contribution in [3.63, 3.8) is 0 Å². The molecule has 1 heterocycles. The molecule has 0 bridgehead atoms. The van der Waals surface area contributed by atoms with Crippen LogP contribution < -0.4 is 5.73 Å². The summed E-state index contributed by atoms with van der Waals surface area (Å²) in [6.45, 7) is 3.64. The number of thioether (sulfide) groups is 1. The van der Waals surface area contributed by atoms with Crippen LogP contribution in [0.25, 0.3) is 10.8 Å². The minimum atomic E-state index is -0.949. The molecule has 9 heteroatoms. The Bertz CT molecular complexity index is 964. The summed E-state index contributed by atoms with van der Waals surface area (Å²) in [5, 5.41) is 2.14. The zero-order valence-electron chi connectivity index (χ0n) is 17.5. The molecule has 1 saturated heterocycles. The second-order valence-corrected chi connectivity index (χ2v) is 8.37. The van der Waals surface area contributed by atoms with Crippen LogP contribution in [0.2, 0.25) is 0 Å². The molecule has 8 nitrogen and oxygen atoms in total. The van der Waals surface area contributed by atoms with Crippen LogP contribution in [-0.4, -0.2) is 54.3 Å². The number of hydrogen-bond acceptors (Lipinski definition) is 9. The van der Waals surface area contributed by atoms with Gasteiger partial charge in [-0.2, -0.15) is 0 Å². The maximum Gasteiger partial charge on any atom is 0.303 e. The van der Waals surface area contributed by atoms with Gasteiger partial charge in [-0.25, -0.2) is 0 Å². The van der Waals surface area contributed by atoms with E-state index in [2.05, 4.69) is 0 Å². The minimum absolute atomic E-state index is 0.150. The van der Waals surface area contributed by atoms with Gasteiger partial charge < -0.3 is 24.7 Å². The van der Waals surface area contributed by atoms with Gasteiger partial charge in [-0.3, -0.25) is 14.4 Å². The molecule has 0 spiro atoms. The molecule has 2 aromatic carbocycles. The summed E-state index contributed by atoms with van der Waals surface area (Å²) in [6.07, 6.45) is -2.64. The van der Waals surface area contributed by atoms with Crippen molar-refractivity contribution >= 4 is 40.4 Å². The van der Waals surface area contributed by atoms with Gasteiger partial charge in [0, 0.05) is 25.7 Å². The van der Waals surface area contributed by atoms with Crippen LogP contribution in [0.3, 0.4) is 0 Å². The van der Waals surface area contributed by atoms with Crippen LogP contribution in [0.4, 0.5) is 0 Å². The first-order chi connectivity index (χ1) is 14.7. The lowest BCUT2D eigenvalue weighted by molar-refractivity contribution is -0.201. The van der Waals surface area contributed by atoms with E-state index in [0.29, 0.717) is 0 Å². The van der Waals surface area contributed by atoms with Crippen LogP contribution in [0, 0.1) is 0 Å². The van der Waals surface area contributed by atoms with Gasteiger partial charge in [-0.05, 0) is 22.9 Å². The van der Waals surface area contributed by atoms with E-state index in [9.17, 15) is 14.4 Å². The molecule has 0 amide bonds. The average molecular weight is 448 g/mol. The third kappa shape index (κ3) is 5.96. The van der Waals surface area contributed by atoms with Gasteiger partial charge in [0.25, 0.3) is 0 Å². The van der Waals surface area contributed by atoms with Crippen LogP contribution in [-0.2, 0) is 33.3 Å². The molecule has 1 aliphatic heterocycles. The highest BCUT2D eigenvalue weighted by Crippen LogP contribution is 2.36. The summed E-state index contributed by atoms with van der Waals surface area (Å²) in [7, 11) is 0. The topological polar surface area (TPSA) is 114 Å². The molecule has 3 rings (SSSR count). The highest BCUT2D eigenvalue weighted by molar-refractivity contribution is 7.99. The third-order valence-corrected chi connectivity index (χ3v) is 5.87. The van der Waals surface area contributed by atoms with Crippen molar-refractivity contribution in [3.05, 3.63) is 42.5 Å². The van der Waals surface area contributed by atoms with Crippen molar-refractivity contribution in [2.45, 2.75) is 55.5 Å². The monoisotopic (exact) mass is 447 g/mol. The molecule has 2 aromatic rings. The van der Waals surface area contributed by atoms with Crippen LogP contribution >= 0.6 is 11.8 Å². The van der Waals surface area contributed by atoms with Gasteiger partial charge in [-0.15, -0.1) is 0 Å². The molecule has 5 atom stereocenters. The molecule has 166 valence electrons. The van der Waals surface area contributed by atoms with Crippen molar-refractivity contribution in [2.24, 2.45) is 5.73 Å². The highest BCUT2D eigenvalue weighted by atomic mass is 32.2. The first-order valence-corrected chi connectivity index (χ1v) is 10.7. The van der Waals surface area contributed by atoms with Gasteiger partial charge >= 0.3 is 17.9 Å². The normalized spacial score (nSPS) is 25.6. The summed E-state index contributed by atoms with van der Waals surface area (Å²) < 4.78 is 22.0. The summed E-state index contributed by atoms with van der Waals surface area (Å²) in [6, 6.07) is 13.0. The van der Waals surface area contributed by atoms with Crippen molar-refractivity contribution in [3.8, 4) is 0 Å². The van der Waals surface area contributed by atoms with Crippen LogP contribution in [0.1, 0.15) is 20.8 Å². The average Bonchev–Trinajstić information content (AvgIpc) is 2.71. The highest BCUT2D eigenvalue weighted by Gasteiger charge is 2.48. The number of carbonyl (C=O) groups is 3. The van der Waals surface area contributed by atoms with Crippen molar-refractivity contribution < 1.29 is 33.3 Å². The maximum absolute atomic E-state index is 11.7. The largest absolute Gasteiger partial charge is 0.463 e. The number of benzene rings is 2. The number of nitrogens with two attached hydrogens (primary N) is 1. The molecule has 31 heavy (non-hydrogen) atoms. The Balaban J connectivity index is 1.89. The number of hydrogen-bond donors (Lipinski definition) is 1. The SMILES string of the molecule is CC(=O)OCC1OC(Sc2ccc3ccccc3c2)C(OC(C)=O)C(N)C1OC(C)=O. The summed E-state index contributed by atoms with van der Waals surface area (Å²) in [5.74, 6) is -1.60. The fourth-order valence-corrected chi connectivity index (χ4v) is 4.60. The van der Waals surface area contributed by atoms with Crippen molar-refractivity contribution in [2.75, 3.05) is 6.61 Å². The van der Waals surface area contributed by atoms with E-state index in [-0.39, 0.29) is 6.61 Å². The van der Waals surface area contributed by atoms with E-state index in [0.717, 1.165) is 15.7 Å². The number of carbonyl (C=O) groups excluding carboxylic acids is 3. The smallest absolute Gasteiger partial charge is 0.303 e. The Morgan fingerprint density at radius 3 is 2.23 bits per heavy atom. The standard InChI is InChI=1S/C22H25NO7S/c1-12(24)27-11-18-20(28-13(2)25)19(23)21(29-14(3)26)22(30-18)31-17-9-8-15-6-4-5-7-16(15)10-17/h4-10,18-22H,11,23H2,1-3H3. The zero-order chi connectivity index (χ0) is 22.5. The summed E-state index contributed by atoms with van der Waals surface area (Å²) in [4.78, 5) is 35.5. The fourth-order valence-electron chi connectivity index (χ4n) is 3.42. The van der Waals surface area contributed by atoms with E-state index in [1.807, 2.05) is 42.5 Å². The molecule has 0 aliphatic carbocycles. The van der Waals surface area contributed by atoms with Crippen LogP contribution in [0.15, 0.2) is 47.4 Å². The molecular formula is C22H25NO7S. The molecule has 1 fully saturated rings. The molecule has 2 N–H and O–H groups in total. The Hall–Kier alpha value is -2.62. The molecule has 1 aliphatic rings. The molecule has 0 radical (unpaired) electrons. The zero-order valence-corrected chi connectivity index (χ0v) is 18.3. The second-order valence-electron chi connectivity index (χ2n) is 7.20. The van der Waals surface area contributed by atoms with E-state index in [1.165, 1.54) is 32.5 Å². The summed E-state index contributed by atoms with van der Waals surface area (Å²) >= 11 is 1.33. The van der Waals surface area contributed by atoms with Gasteiger partial charge in [-0.1, -0.05) is 42.1 Å². The maximum atomic E-state index is 11.7. The first-order valence-electron chi connectivity index (χ1n) is 9.79. The van der Waals surface area contributed by atoms with Gasteiger partial charge in [0.1, 0.15) is 24.3 Å². The number of ether oxygens (including phenoxy) is 4. The minimum Gasteiger partial charge on any atom is -0.463 e. The van der Waals surface area contributed by atoms with Crippen molar-refractivity contribution in [1.29, 1.82) is 0 Å². The lowest BCUT2D eigenvalue weighted by Gasteiger charge is -2.43. The van der Waals surface area contributed by atoms with E-state index in [1.54, 1.807) is 0 Å². The Morgan fingerprint density at radius 1 is 0.935 bits per heavy atom. The van der Waals surface area contributed by atoms with Gasteiger partial charge in [0.2, 0.25) is 0 Å². The molecule has 5 unspecified atom stereocenters. The number of fused-ring (bicyclic) bond motifs is 1. The predicted octanol–water partition coefficient (Wildman–Crippen LogP) is 2.41. The van der Waals surface area contributed by atoms with E-state index < -0.39 is 47.7 Å². The number of esters is 3. The summed E-state index contributed by atoms with van der Waals surface area (Å²) in [5.41, 5.74) is 5.66. The number of rotatable bonds is 6. The Labute approximate surface area is 184 Å². The third-order valence-electron chi connectivity index (χ3n) is 4.73. The van der Waals surface area contributed by atoms with E-state index >= 15 is 0 Å². The Morgan fingerprint density at radius 2 is 1.58 bits per heavy atom. The lowest BCUT2D eigenvalue weighted by Crippen LogP contribution is -2.63. The van der Waals surface area contributed by atoms with Gasteiger partial charge in [0.15, 0.2) is 6.10 Å².